The molecular weight excluding hydrogens is 291 g/mol. The number of benzene rings is 2. The predicted octanol–water partition coefficient (Wildman–Crippen LogP) is 4.66. The van der Waals surface area contributed by atoms with Crippen LogP contribution in [0.1, 0.15) is 5.56 Å². The molecule has 0 bridgehead atoms. The highest BCUT2D eigenvalue weighted by Crippen LogP contribution is 2.20. The Morgan fingerprint density at radius 2 is 1.95 bits per heavy atom. The molecule has 0 saturated carbocycles. The summed E-state index contributed by atoms with van der Waals surface area (Å²) in [7, 11) is 0. The third-order valence-electron chi connectivity index (χ3n) is 2.78. The van der Waals surface area contributed by atoms with Crippen molar-refractivity contribution in [1.82, 2.24) is 0 Å². The van der Waals surface area contributed by atoms with Crippen LogP contribution in [0.5, 0.6) is 0 Å². The molecule has 20 heavy (non-hydrogen) atoms. The summed E-state index contributed by atoms with van der Waals surface area (Å²) in [4.78, 5) is 1.15. The largest absolute Gasteiger partial charge is 0.332 e. The van der Waals surface area contributed by atoms with Crippen LogP contribution in [-0.4, -0.2) is 11.4 Å². The van der Waals surface area contributed by atoms with Crippen LogP contribution in [0.25, 0.3) is 0 Å². The highest BCUT2D eigenvalue weighted by atomic mass is 32.2. The lowest BCUT2D eigenvalue weighted by molar-refractivity contribution is 0.628. The van der Waals surface area contributed by atoms with Crippen molar-refractivity contribution in [3.63, 3.8) is 0 Å². The van der Waals surface area contributed by atoms with Gasteiger partial charge < -0.3 is 10.6 Å². The Morgan fingerprint density at radius 3 is 2.70 bits per heavy atom. The summed E-state index contributed by atoms with van der Waals surface area (Å²) < 4.78 is 13.2. The van der Waals surface area contributed by atoms with Gasteiger partial charge in [-0.05, 0) is 61.3 Å². The van der Waals surface area contributed by atoms with Crippen LogP contribution in [0, 0.1) is 12.7 Å². The van der Waals surface area contributed by atoms with Crippen molar-refractivity contribution >= 4 is 40.5 Å². The number of hydrogen-bond acceptors (Lipinski definition) is 2. The van der Waals surface area contributed by atoms with Crippen molar-refractivity contribution in [2.45, 2.75) is 11.8 Å². The minimum Gasteiger partial charge on any atom is -0.332 e. The van der Waals surface area contributed by atoms with E-state index in [-0.39, 0.29) is 5.82 Å². The Kier molecular flexibility index (Phi) is 4.98. The van der Waals surface area contributed by atoms with E-state index in [1.807, 2.05) is 37.4 Å². The molecule has 2 aromatic carbocycles. The molecule has 5 heteroatoms. The van der Waals surface area contributed by atoms with Crippen molar-refractivity contribution in [3.05, 3.63) is 53.8 Å². The van der Waals surface area contributed by atoms with Gasteiger partial charge in [0.2, 0.25) is 0 Å². The summed E-state index contributed by atoms with van der Waals surface area (Å²) in [5.41, 5.74) is 2.51. The maximum atomic E-state index is 13.2. The first-order valence-electron chi connectivity index (χ1n) is 6.06. The smallest absolute Gasteiger partial charge is 0.175 e. The number of aryl methyl sites for hydroxylation is 1. The topological polar surface area (TPSA) is 24.1 Å². The van der Waals surface area contributed by atoms with Gasteiger partial charge >= 0.3 is 0 Å². The van der Waals surface area contributed by atoms with Crippen molar-refractivity contribution in [1.29, 1.82) is 0 Å². The van der Waals surface area contributed by atoms with E-state index in [1.165, 1.54) is 12.1 Å². The average Bonchev–Trinajstić information content (AvgIpc) is 2.43. The minimum absolute atomic E-state index is 0.287. The Balaban J connectivity index is 2.07. The number of rotatable bonds is 3. The zero-order valence-electron chi connectivity index (χ0n) is 11.2. The summed E-state index contributed by atoms with van der Waals surface area (Å²) in [6.07, 6.45) is 2.02. The third kappa shape index (κ3) is 3.95. The second-order valence-corrected chi connectivity index (χ2v) is 5.56. The maximum Gasteiger partial charge on any atom is 0.175 e. The summed E-state index contributed by atoms with van der Waals surface area (Å²) >= 11 is 6.91. The van der Waals surface area contributed by atoms with Gasteiger partial charge in [0, 0.05) is 16.3 Å². The van der Waals surface area contributed by atoms with E-state index in [9.17, 15) is 4.39 Å². The van der Waals surface area contributed by atoms with E-state index in [4.69, 9.17) is 12.2 Å². The predicted molar refractivity (Wildman–Crippen MR) is 89.2 cm³/mol. The van der Waals surface area contributed by atoms with Gasteiger partial charge in [0.25, 0.3) is 0 Å². The van der Waals surface area contributed by atoms with Gasteiger partial charge in [-0.25, -0.2) is 4.39 Å². The van der Waals surface area contributed by atoms with Crippen LogP contribution in [0.3, 0.4) is 0 Å². The summed E-state index contributed by atoms with van der Waals surface area (Å²) in [5.74, 6) is -0.287. The van der Waals surface area contributed by atoms with E-state index in [0.29, 0.717) is 10.8 Å². The second-order valence-electron chi connectivity index (χ2n) is 4.27. The highest BCUT2D eigenvalue weighted by Gasteiger charge is 2.04. The van der Waals surface area contributed by atoms with Gasteiger partial charge in [0.1, 0.15) is 5.82 Å². The fourth-order valence-corrected chi connectivity index (χ4v) is 2.40. The molecule has 0 unspecified atom stereocenters. The third-order valence-corrected chi connectivity index (χ3v) is 3.70. The molecular formula is C15H15FN2S2. The van der Waals surface area contributed by atoms with Crippen LogP contribution >= 0.6 is 24.0 Å². The zero-order chi connectivity index (χ0) is 14.5. The number of thiocarbonyl (C=S) groups is 1. The lowest BCUT2D eigenvalue weighted by Crippen LogP contribution is -2.19. The maximum absolute atomic E-state index is 13.2. The van der Waals surface area contributed by atoms with Crippen molar-refractivity contribution < 1.29 is 4.39 Å². The Morgan fingerprint density at radius 1 is 1.15 bits per heavy atom. The zero-order valence-corrected chi connectivity index (χ0v) is 12.9. The monoisotopic (exact) mass is 306 g/mol. The first-order valence-corrected chi connectivity index (χ1v) is 7.70. The quantitative estimate of drug-likeness (QED) is 0.636. The van der Waals surface area contributed by atoms with Gasteiger partial charge in [-0.15, -0.1) is 11.8 Å². The van der Waals surface area contributed by atoms with Gasteiger partial charge in [0.05, 0.1) is 0 Å². The van der Waals surface area contributed by atoms with Crippen LogP contribution < -0.4 is 10.6 Å². The summed E-state index contributed by atoms with van der Waals surface area (Å²) in [6, 6.07) is 12.5. The lowest BCUT2D eigenvalue weighted by Gasteiger charge is -2.13. The fraction of sp³-hybridized carbons (Fsp3) is 0.133. The van der Waals surface area contributed by atoms with E-state index < -0.39 is 0 Å². The van der Waals surface area contributed by atoms with Gasteiger partial charge in [0.15, 0.2) is 5.11 Å². The van der Waals surface area contributed by atoms with Crippen LogP contribution in [0.2, 0.25) is 0 Å². The molecule has 0 fully saturated rings. The van der Waals surface area contributed by atoms with Gasteiger partial charge in [-0.2, -0.15) is 0 Å². The van der Waals surface area contributed by atoms with Gasteiger partial charge in [-0.1, -0.05) is 12.1 Å². The minimum atomic E-state index is -0.287. The first-order chi connectivity index (χ1) is 9.58. The SMILES string of the molecule is CSc1cccc(NC(=S)Nc2cc(F)ccc2C)c1. The second kappa shape index (κ2) is 6.72. The van der Waals surface area contributed by atoms with Crippen molar-refractivity contribution in [2.24, 2.45) is 0 Å². The van der Waals surface area contributed by atoms with E-state index in [1.54, 1.807) is 17.8 Å². The molecule has 0 heterocycles. The van der Waals surface area contributed by atoms with Crippen molar-refractivity contribution in [2.75, 3.05) is 16.9 Å². The molecule has 0 aliphatic heterocycles. The molecule has 0 amide bonds. The van der Waals surface area contributed by atoms with Crippen LogP contribution in [0.4, 0.5) is 15.8 Å². The molecule has 0 saturated heterocycles. The Bertz CT molecular complexity index is 629. The molecule has 2 N–H and O–H groups in total. The van der Waals surface area contributed by atoms with Crippen molar-refractivity contribution in [3.8, 4) is 0 Å². The molecule has 2 aromatic rings. The molecule has 0 aliphatic rings. The summed E-state index contributed by atoms with van der Waals surface area (Å²) in [6.45, 7) is 1.90. The number of hydrogen-bond donors (Lipinski definition) is 2. The molecule has 0 atom stereocenters. The Labute approximate surface area is 127 Å². The number of halogens is 1. The number of thioether (sulfide) groups is 1. The molecule has 0 aromatic heterocycles. The van der Waals surface area contributed by atoms with E-state index >= 15 is 0 Å². The number of nitrogens with one attached hydrogen (secondary N) is 2. The normalized spacial score (nSPS) is 10.2. The molecule has 0 radical (unpaired) electrons. The lowest BCUT2D eigenvalue weighted by atomic mass is 10.2. The van der Waals surface area contributed by atoms with E-state index in [0.717, 1.165) is 16.1 Å². The van der Waals surface area contributed by atoms with Gasteiger partial charge in [-0.3, -0.25) is 0 Å². The van der Waals surface area contributed by atoms with Crippen LogP contribution in [-0.2, 0) is 0 Å². The highest BCUT2D eigenvalue weighted by molar-refractivity contribution is 7.98. The molecule has 2 nitrogen and oxygen atoms in total. The fourth-order valence-electron chi connectivity index (χ4n) is 1.71. The average molecular weight is 306 g/mol. The van der Waals surface area contributed by atoms with E-state index in [2.05, 4.69) is 10.6 Å². The molecule has 2 rings (SSSR count). The standard InChI is InChI=1S/C15H15FN2S2/c1-10-6-7-11(16)8-14(10)18-15(19)17-12-4-3-5-13(9-12)20-2/h3-9H,1-2H3,(H2,17,18,19). The first kappa shape index (κ1) is 14.8. The molecule has 104 valence electrons. The molecule has 0 aliphatic carbocycles. The Hall–Kier alpha value is -1.59. The number of anilines is 2. The van der Waals surface area contributed by atoms with Crippen LogP contribution in [0.15, 0.2) is 47.4 Å². The summed E-state index contributed by atoms with van der Waals surface area (Å²) in [5, 5.41) is 6.55. The molecule has 0 spiro atoms.